The highest BCUT2D eigenvalue weighted by Gasteiger charge is 2.17. The molecule has 0 saturated heterocycles. The molecule has 108 valence electrons. The fraction of sp³-hybridized carbons (Fsp3) is 0.188. The van der Waals surface area contributed by atoms with E-state index in [-0.39, 0.29) is 12.5 Å². The number of hydrogen-bond acceptors (Lipinski definition) is 4. The first-order valence-electron chi connectivity index (χ1n) is 6.77. The van der Waals surface area contributed by atoms with Gasteiger partial charge in [0.25, 0.3) is 5.91 Å². The summed E-state index contributed by atoms with van der Waals surface area (Å²) in [5.41, 5.74) is 10.4. The molecule has 1 aliphatic heterocycles. The van der Waals surface area contributed by atoms with Crippen LogP contribution in [0, 0.1) is 6.92 Å². The zero-order valence-corrected chi connectivity index (χ0v) is 11.8. The molecule has 0 spiro atoms. The highest BCUT2D eigenvalue weighted by molar-refractivity contribution is 5.97. The Morgan fingerprint density at radius 3 is 3.00 bits per heavy atom. The van der Waals surface area contributed by atoms with Crippen LogP contribution in [-0.2, 0) is 11.3 Å². The summed E-state index contributed by atoms with van der Waals surface area (Å²) in [4.78, 5) is 11.4. The molecule has 0 aromatic heterocycles. The van der Waals surface area contributed by atoms with Gasteiger partial charge in [-0.05, 0) is 18.6 Å². The van der Waals surface area contributed by atoms with Crippen LogP contribution in [0.5, 0.6) is 5.75 Å². The van der Waals surface area contributed by atoms with Crippen LogP contribution >= 0.6 is 0 Å². The Balaban J connectivity index is 1.79. The number of nitrogens with two attached hydrogens (primary N) is 1. The van der Waals surface area contributed by atoms with Crippen LogP contribution < -0.4 is 21.1 Å². The van der Waals surface area contributed by atoms with E-state index in [4.69, 9.17) is 10.5 Å². The number of carbonyl (C=O) groups excluding carboxylic acids is 1. The normalized spacial score (nSPS) is 13.1. The van der Waals surface area contributed by atoms with E-state index in [1.165, 1.54) is 11.1 Å². The van der Waals surface area contributed by atoms with Gasteiger partial charge in [0.05, 0.1) is 17.1 Å². The van der Waals surface area contributed by atoms with Gasteiger partial charge in [-0.25, -0.2) is 0 Å². The number of carbonyl (C=O) groups is 1. The molecule has 0 bridgehead atoms. The summed E-state index contributed by atoms with van der Waals surface area (Å²) in [7, 11) is 0. The van der Waals surface area contributed by atoms with Gasteiger partial charge in [-0.3, -0.25) is 4.79 Å². The minimum absolute atomic E-state index is 0.0303. The number of fused-ring (bicyclic) bond motifs is 1. The van der Waals surface area contributed by atoms with E-state index < -0.39 is 0 Å². The first kappa shape index (κ1) is 13.3. The molecule has 3 rings (SSSR count). The number of ether oxygens (including phenoxy) is 1. The molecule has 21 heavy (non-hydrogen) atoms. The van der Waals surface area contributed by atoms with E-state index in [1.807, 2.05) is 6.07 Å². The van der Waals surface area contributed by atoms with Gasteiger partial charge in [-0.2, -0.15) is 0 Å². The molecule has 0 radical (unpaired) electrons. The van der Waals surface area contributed by atoms with Crippen molar-refractivity contribution in [3.05, 3.63) is 47.5 Å². The summed E-state index contributed by atoms with van der Waals surface area (Å²) in [6.45, 7) is 2.76. The summed E-state index contributed by atoms with van der Waals surface area (Å²) in [5.74, 6) is 0.449. The highest BCUT2D eigenvalue weighted by atomic mass is 16.5. The van der Waals surface area contributed by atoms with E-state index in [0.717, 1.165) is 5.69 Å². The Kier molecular flexibility index (Phi) is 3.39. The lowest BCUT2D eigenvalue weighted by Crippen LogP contribution is -2.25. The van der Waals surface area contributed by atoms with Gasteiger partial charge in [0.2, 0.25) is 0 Å². The van der Waals surface area contributed by atoms with E-state index in [1.54, 1.807) is 12.1 Å². The van der Waals surface area contributed by atoms with Gasteiger partial charge in [0.15, 0.2) is 6.61 Å². The zero-order chi connectivity index (χ0) is 14.8. The van der Waals surface area contributed by atoms with Crippen LogP contribution in [0.3, 0.4) is 0 Å². The summed E-state index contributed by atoms with van der Waals surface area (Å²) < 4.78 is 5.33. The Bertz CT molecular complexity index is 698. The molecular formula is C16H17N3O2. The summed E-state index contributed by atoms with van der Waals surface area (Å²) in [5, 5.41) is 6.06. The number of benzene rings is 2. The van der Waals surface area contributed by atoms with Crippen molar-refractivity contribution >= 4 is 23.0 Å². The lowest BCUT2D eigenvalue weighted by Gasteiger charge is -2.20. The number of nitrogens with one attached hydrogen (secondary N) is 2. The van der Waals surface area contributed by atoms with E-state index >= 15 is 0 Å². The van der Waals surface area contributed by atoms with Crippen LogP contribution in [0.1, 0.15) is 11.1 Å². The summed E-state index contributed by atoms with van der Waals surface area (Å²) in [6.07, 6.45) is 0. The Morgan fingerprint density at radius 2 is 2.19 bits per heavy atom. The Morgan fingerprint density at radius 1 is 1.33 bits per heavy atom. The second-order valence-corrected chi connectivity index (χ2v) is 5.12. The number of anilines is 3. The van der Waals surface area contributed by atoms with Crippen LogP contribution in [0.4, 0.5) is 17.1 Å². The number of rotatable bonds is 3. The third-order valence-corrected chi connectivity index (χ3v) is 3.35. The monoisotopic (exact) mass is 283 g/mol. The van der Waals surface area contributed by atoms with Crippen molar-refractivity contribution in [1.82, 2.24) is 0 Å². The van der Waals surface area contributed by atoms with E-state index in [2.05, 4.69) is 35.8 Å². The van der Waals surface area contributed by atoms with Crippen molar-refractivity contribution in [2.24, 2.45) is 0 Å². The number of aryl methyl sites for hydroxylation is 1. The zero-order valence-electron chi connectivity index (χ0n) is 11.8. The highest BCUT2D eigenvalue weighted by Crippen LogP contribution is 2.35. The van der Waals surface area contributed by atoms with Gasteiger partial charge in [-0.15, -0.1) is 0 Å². The molecule has 2 aromatic rings. The predicted molar refractivity (Wildman–Crippen MR) is 83.5 cm³/mol. The van der Waals surface area contributed by atoms with Crippen LogP contribution in [0.25, 0.3) is 0 Å². The smallest absolute Gasteiger partial charge is 0.262 e. The molecule has 2 aromatic carbocycles. The van der Waals surface area contributed by atoms with Crippen molar-refractivity contribution in [2.45, 2.75) is 13.5 Å². The molecule has 0 aliphatic carbocycles. The van der Waals surface area contributed by atoms with E-state index in [9.17, 15) is 4.79 Å². The maximum absolute atomic E-state index is 11.4. The lowest BCUT2D eigenvalue weighted by molar-refractivity contribution is -0.118. The summed E-state index contributed by atoms with van der Waals surface area (Å²) in [6, 6.07) is 11.8. The first-order chi connectivity index (χ1) is 10.1. The van der Waals surface area contributed by atoms with Crippen molar-refractivity contribution in [3.8, 4) is 5.75 Å². The average Bonchev–Trinajstić information content (AvgIpc) is 2.45. The molecular weight excluding hydrogens is 266 g/mol. The Hall–Kier alpha value is -2.69. The topological polar surface area (TPSA) is 76.4 Å². The quantitative estimate of drug-likeness (QED) is 0.757. The first-order valence-corrected chi connectivity index (χ1v) is 6.77. The third kappa shape index (κ3) is 2.91. The average molecular weight is 283 g/mol. The number of nitrogen functional groups attached to an aromatic ring is 1. The van der Waals surface area contributed by atoms with E-state index in [0.29, 0.717) is 23.7 Å². The second-order valence-electron chi connectivity index (χ2n) is 5.12. The molecule has 0 unspecified atom stereocenters. The van der Waals surface area contributed by atoms with Crippen LogP contribution in [-0.4, -0.2) is 12.5 Å². The maximum atomic E-state index is 11.4. The van der Waals surface area contributed by atoms with Gasteiger partial charge >= 0.3 is 0 Å². The van der Waals surface area contributed by atoms with Gasteiger partial charge < -0.3 is 21.1 Å². The minimum Gasteiger partial charge on any atom is -0.482 e. The number of hydrogen-bond donors (Lipinski definition) is 3. The SMILES string of the molecule is Cc1cccc(CNc2cc3c(cc2N)OCC(=O)N3)c1. The van der Waals surface area contributed by atoms with Gasteiger partial charge in [0, 0.05) is 12.6 Å². The number of amides is 1. The van der Waals surface area contributed by atoms with Crippen molar-refractivity contribution in [1.29, 1.82) is 0 Å². The van der Waals surface area contributed by atoms with Crippen molar-refractivity contribution in [3.63, 3.8) is 0 Å². The molecule has 5 nitrogen and oxygen atoms in total. The fourth-order valence-corrected chi connectivity index (χ4v) is 2.31. The molecule has 1 amide bonds. The second kappa shape index (κ2) is 5.36. The largest absolute Gasteiger partial charge is 0.482 e. The Labute approximate surface area is 123 Å². The molecule has 0 atom stereocenters. The van der Waals surface area contributed by atoms with Crippen LogP contribution in [0.15, 0.2) is 36.4 Å². The van der Waals surface area contributed by atoms with Crippen molar-refractivity contribution < 1.29 is 9.53 Å². The molecule has 1 aliphatic rings. The molecule has 1 heterocycles. The molecule has 4 N–H and O–H groups in total. The fourth-order valence-electron chi connectivity index (χ4n) is 2.31. The minimum atomic E-state index is -0.156. The predicted octanol–water partition coefficient (Wildman–Crippen LogP) is 2.52. The molecule has 0 saturated carbocycles. The summed E-state index contributed by atoms with van der Waals surface area (Å²) >= 11 is 0. The van der Waals surface area contributed by atoms with Gasteiger partial charge in [0.1, 0.15) is 5.75 Å². The third-order valence-electron chi connectivity index (χ3n) is 3.35. The van der Waals surface area contributed by atoms with Crippen LogP contribution in [0.2, 0.25) is 0 Å². The standard InChI is InChI=1S/C16H17N3O2/c1-10-3-2-4-11(5-10)8-18-13-7-14-15(6-12(13)17)21-9-16(20)19-14/h2-7,18H,8-9,17H2,1H3,(H,19,20). The molecule has 5 heteroatoms. The van der Waals surface area contributed by atoms with Gasteiger partial charge in [-0.1, -0.05) is 29.8 Å². The van der Waals surface area contributed by atoms with Crippen molar-refractivity contribution in [2.75, 3.05) is 23.0 Å². The lowest BCUT2D eigenvalue weighted by atomic mass is 10.1. The maximum Gasteiger partial charge on any atom is 0.262 e. The molecule has 0 fully saturated rings.